The number of fused-ring (bicyclic) bond motifs is 1. The third-order valence-corrected chi connectivity index (χ3v) is 3.53. The first kappa shape index (κ1) is 14.3. The van der Waals surface area contributed by atoms with Crippen LogP contribution in [0.15, 0.2) is 67.3 Å². The van der Waals surface area contributed by atoms with Crippen LogP contribution in [0.3, 0.4) is 0 Å². The highest BCUT2D eigenvalue weighted by Crippen LogP contribution is 2.32. The maximum Gasteiger partial charge on any atom is -0.0103 e. The van der Waals surface area contributed by atoms with E-state index in [1.165, 1.54) is 27.5 Å². The average molecular weight is 262 g/mol. The Kier molecular flexibility index (Phi) is 4.57. The molecule has 0 bridgehead atoms. The zero-order valence-electron chi connectivity index (χ0n) is 12.6. The second-order valence-corrected chi connectivity index (χ2v) is 5.26. The first-order valence-corrected chi connectivity index (χ1v) is 7.16. The number of rotatable bonds is 4. The van der Waals surface area contributed by atoms with Gasteiger partial charge in [0.25, 0.3) is 0 Å². The van der Waals surface area contributed by atoms with Gasteiger partial charge in [-0.3, -0.25) is 0 Å². The second-order valence-electron chi connectivity index (χ2n) is 5.26. The number of hydrogen-bond donors (Lipinski definition) is 0. The van der Waals surface area contributed by atoms with E-state index in [-0.39, 0.29) is 0 Å². The fourth-order valence-corrected chi connectivity index (χ4v) is 2.62. The Morgan fingerprint density at radius 2 is 1.75 bits per heavy atom. The highest BCUT2D eigenvalue weighted by atomic mass is 14.1. The van der Waals surface area contributed by atoms with E-state index in [4.69, 9.17) is 0 Å². The second kappa shape index (κ2) is 6.38. The van der Waals surface area contributed by atoms with Crippen molar-refractivity contribution in [1.82, 2.24) is 0 Å². The summed E-state index contributed by atoms with van der Waals surface area (Å²) >= 11 is 0. The van der Waals surface area contributed by atoms with Gasteiger partial charge in [-0.2, -0.15) is 0 Å². The van der Waals surface area contributed by atoms with Gasteiger partial charge in [-0.25, -0.2) is 0 Å². The Labute approximate surface area is 122 Å². The van der Waals surface area contributed by atoms with Crippen molar-refractivity contribution >= 4 is 16.3 Å². The molecule has 2 aromatic carbocycles. The van der Waals surface area contributed by atoms with Crippen LogP contribution in [-0.2, 0) is 0 Å². The van der Waals surface area contributed by atoms with Crippen molar-refractivity contribution in [3.8, 4) is 0 Å². The predicted octanol–water partition coefficient (Wildman–Crippen LogP) is 6.11. The molecule has 0 aromatic heterocycles. The molecule has 0 atom stereocenters. The molecule has 0 amide bonds. The molecule has 0 aliphatic heterocycles. The lowest BCUT2D eigenvalue weighted by atomic mass is 9.90. The van der Waals surface area contributed by atoms with Gasteiger partial charge in [-0.05, 0) is 40.3 Å². The van der Waals surface area contributed by atoms with Crippen LogP contribution in [0.4, 0.5) is 0 Å². The summed E-state index contributed by atoms with van der Waals surface area (Å²) < 4.78 is 0. The molecule has 2 aromatic rings. The monoisotopic (exact) mass is 262 g/mol. The first-order valence-electron chi connectivity index (χ1n) is 7.16. The number of benzene rings is 2. The maximum atomic E-state index is 3.82. The van der Waals surface area contributed by atoms with E-state index >= 15 is 0 Å². The van der Waals surface area contributed by atoms with E-state index in [2.05, 4.69) is 75.1 Å². The molecule has 0 heteroatoms. The van der Waals surface area contributed by atoms with Crippen molar-refractivity contribution in [3.63, 3.8) is 0 Å². The van der Waals surface area contributed by atoms with E-state index in [1.54, 1.807) is 0 Å². The third-order valence-electron chi connectivity index (χ3n) is 3.53. The normalized spacial score (nSPS) is 12.5. The predicted molar refractivity (Wildman–Crippen MR) is 91.0 cm³/mol. The molecule has 0 saturated heterocycles. The number of allylic oxidation sites excluding steroid dienone is 5. The van der Waals surface area contributed by atoms with Crippen LogP contribution in [-0.4, -0.2) is 0 Å². The van der Waals surface area contributed by atoms with Gasteiger partial charge >= 0.3 is 0 Å². The maximum absolute atomic E-state index is 3.82. The SMILES string of the molecule is C=C/C=C(\C=C/C)c1ccc(C(C)C)c2ccccc12. The Morgan fingerprint density at radius 3 is 2.35 bits per heavy atom. The summed E-state index contributed by atoms with van der Waals surface area (Å²) in [6.45, 7) is 10.4. The topological polar surface area (TPSA) is 0 Å². The summed E-state index contributed by atoms with van der Waals surface area (Å²) in [6.07, 6.45) is 8.12. The lowest BCUT2D eigenvalue weighted by Gasteiger charge is -2.14. The quantitative estimate of drug-likeness (QED) is 0.583. The largest absolute Gasteiger partial charge is 0.0990 e. The van der Waals surface area contributed by atoms with Crippen molar-refractivity contribution in [2.45, 2.75) is 26.7 Å². The average Bonchev–Trinajstić information content (AvgIpc) is 2.45. The van der Waals surface area contributed by atoms with Crippen molar-refractivity contribution in [2.24, 2.45) is 0 Å². The van der Waals surface area contributed by atoms with Crippen molar-refractivity contribution in [3.05, 3.63) is 78.4 Å². The lowest BCUT2D eigenvalue weighted by Crippen LogP contribution is -1.93. The Balaban J connectivity index is 2.76. The number of hydrogen-bond acceptors (Lipinski definition) is 0. The minimum Gasteiger partial charge on any atom is -0.0990 e. The first-order chi connectivity index (χ1) is 9.69. The van der Waals surface area contributed by atoms with Crippen LogP contribution in [0.2, 0.25) is 0 Å². The van der Waals surface area contributed by atoms with Crippen molar-refractivity contribution < 1.29 is 0 Å². The van der Waals surface area contributed by atoms with Gasteiger partial charge in [0, 0.05) is 0 Å². The molecule has 2 rings (SSSR count). The molecule has 0 N–H and O–H groups in total. The molecule has 20 heavy (non-hydrogen) atoms. The fourth-order valence-electron chi connectivity index (χ4n) is 2.62. The molecular formula is C20H22. The van der Waals surface area contributed by atoms with Gasteiger partial charge in [0.05, 0.1) is 0 Å². The van der Waals surface area contributed by atoms with Gasteiger partial charge in [0.2, 0.25) is 0 Å². The van der Waals surface area contributed by atoms with Crippen molar-refractivity contribution in [1.29, 1.82) is 0 Å². The van der Waals surface area contributed by atoms with E-state index in [1.807, 2.05) is 13.0 Å². The smallest absolute Gasteiger partial charge is 0.0103 e. The zero-order valence-corrected chi connectivity index (χ0v) is 12.6. The molecule has 0 spiro atoms. The highest BCUT2D eigenvalue weighted by molar-refractivity contribution is 5.98. The van der Waals surface area contributed by atoms with Crippen molar-refractivity contribution in [2.75, 3.05) is 0 Å². The van der Waals surface area contributed by atoms with Crippen LogP contribution >= 0.6 is 0 Å². The summed E-state index contributed by atoms with van der Waals surface area (Å²) in [5.74, 6) is 0.530. The molecule has 102 valence electrons. The Hall–Kier alpha value is -2.08. The molecule has 0 unspecified atom stereocenters. The summed E-state index contributed by atoms with van der Waals surface area (Å²) in [5.41, 5.74) is 3.87. The summed E-state index contributed by atoms with van der Waals surface area (Å²) in [4.78, 5) is 0. The summed E-state index contributed by atoms with van der Waals surface area (Å²) in [7, 11) is 0. The highest BCUT2D eigenvalue weighted by Gasteiger charge is 2.09. The van der Waals surface area contributed by atoms with Crippen LogP contribution in [0.25, 0.3) is 16.3 Å². The molecule has 0 radical (unpaired) electrons. The van der Waals surface area contributed by atoms with E-state index in [0.29, 0.717) is 5.92 Å². The van der Waals surface area contributed by atoms with Gasteiger partial charge in [-0.15, -0.1) is 0 Å². The van der Waals surface area contributed by atoms with Crippen LogP contribution < -0.4 is 0 Å². The molecule has 0 aliphatic rings. The van der Waals surface area contributed by atoms with Gasteiger partial charge in [-0.1, -0.05) is 81.1 Å². The Morgan fingerprint density at radius 1 is 1.05 bits per heavy atom. The molecule has 0 aliphatic carbocycles. The van der Waals surface area contributed by atoms with E-state index in [9.17, 15) is 0 Å². The molecule has 0 heterocycles. The third kappa shape index (κ3) is 2.75. The van der Waals surface area contributed by atoms with Gasteiger partial charge < -0.3 is 0 Å². The zero-order chi connectivity index (χ0) is 14.5. The lowest BCUT2D eigenvalue weighted by molar-refractivity contribution is 0.876. The van der Waals surface area contributed by atoms with E-state index < -0.39 is 0 Å². The van der Waals surface area contributed by atoms with E-state index in [0.717, 1.165) is 0 Å². The minimum atomic E-state index is 0.530. The summed E-state index contributed by atoms with van der Waals surface area (Å²) in [6, 6.07) is 13.1. The van der Waals surface area contributed by atoms with Gasteiger partial charge in [0.1, 0.15) is 0 Å². The fraction of sp³-hybridized carbons (Fsp3) is 0.200. The standard InChI is InChI=1S/C20H22/c1-5-9-16(10-6-2)18-14-13-17(15(3)4)19-11-7-8-12-20(18)19/h5-15H,1H2,2-4H3/b10-6-,16-9+. The van der Waals surface area contributed by atoms with Crippen LogP contribution in [0, 0.1) is 0 Å². The molecule has 0 fully saturated rings. The summed E-state index contributed by atoms with van der Waals surface area (Å²) in [5, 5.41) is 2.66. The molecule has 0 nitrogen and oxygen atoms in total. The molecule has 0 saturated carbocycles. The molecular weight excluding hydrogens is 240 g/mol. The minimum absolute atomic E-state index is 0.530. The van der Waals surface area contributed by atoms with Gasteiger partial charge in [0.15, 0.2) is 0 Å². The van der Waals surface area contributed by atoms with Crippen LogP contribution in [0.1, 0.15) is 37.8 Å². The van der Waals surface area contributed by atoms with Crippen LogP contribution in [0.5, 0.6) is 0 Å². The Bertz CT molecular complexity index is 669.